The summed E-state index contributed by atoms with van der Waals surface area (Å²) < 4.78 is 31.1. The minimum absolute atomic E-state index is 0.0233. The maximum atomic E-state index is 13.3. The lowest BCUT2D eigenvalue weighted by Crippen LogP contribution is -2.31. The van der Waals surface area contributed by atoms with Crippen LogP contribution in [-0.2, 0) is 32.6 Å². The number of sulfonamides is 1. The Hall–Kier alpha value is -4.05. The Bertz CT molecular complexity index is 1760. The first kappa shape index (κ1) is 33.3. The maximum absolute atomic E-state index is 13.3. The SMILES string of the molecule is CCCCC(=O)Nc1cnc2c(c1)nc(CCCC)n2Cc1ccc(-c2ccccc2S(=O)(=O)NC(=O)CCC2CCCC2)cc1. The lowest BCUT2D eigenvalue weighted by molar-refractivity contribution is -0.119. The Kier molecular flexibility index (Phi) is 11.2. The number of aryl methyl sites for hydroxylation is 1. The fourth-order valence-electron chi connectivity index (χ4n) is 6.18. The molecular formula is C36H45N5O4S. The summed E-state index contributed by atoms with van der Waals surface area (Å²) in [5.41, 5.74) is 4.43. The predicted octanol–water partition coefficient (Wildman–Crippen LogP) is 7.39. The third-order valence-corrected chi connectivity index (χ3v) is 10.2. The zero-order valence-electron chi connectivity index (χ0n) is 26.9. The van der Waals surface area contributed by atoms with Crippen LogP contribution < -0.4 is 10.0 Å². The maximum Gasteiger partial charge on any atom is 0.264 e. The van der Waals surface area contributed by atoms with Gasteiger partial charge in [0.15, 0.2) is 5.65 Å². The molecule has 1 aliphatic carbocycles. The first-order valence-corrected chi connectivity index (χ1v) is 18.1. The molecule has 1 aliphatic rings. The summed E-state index contributed by atoms with van der Waals surface area (Å²) in [7, 11) is -4.04. The number of nitrogens with one attached hydrogen (secondary N) is 2. The molecule has 2 N–H and O–H groups in total. The Morgan fingerprint density at radius 3 is 2.41 bits per heavy atom. The van der Waals surface area contributed by atoms with Crippen molar-refractivity contribution in [3.8, 4) is 11.1 Å². The van der Waals surface area contributed by atoms with Crippen molar-refractivity contribution < 1.29 is 18.0 Å². The number of anilines is 1. The second kappa shape index (κ2) is 15.5. The Morgan fingerprint density at radius 2 is 1.67 bits per heavy atom. The topological polar surface area (TPSA) is 123 Å². The monoisotopic (exact) mass is 643 g/mol. The van der Waals surface area contributed by atoms with Crippen LogP contribution in [0.3, 0.4) is 0 Å². The number of nitrogens with zero attached hydrogens (tertiary/aromatic N) is 3. The molecule has 46 heavy (non-hydrogen) atoms. The predicted molar refractivity (Wildman–Crippen MR) is 182 cm³/mol. The normalized spacial score (nSPS) is 13.7. The second-order valence-electron chi connectivity index (χ2n) is 12.3. The van der Waals surface area contributed by atoms with E-state index in [1.165, 1.54) is 12.8 Å². The molecule has 1 saturated carbocycles. The van der Waals surface area contributed by atoms with Gasteiger partial charge in [-0.25, -0.2) is 23.1 Å². The van der Waals surface area contributed by atoms with Crippen molar-refractivity contribution in [2.45, 2.75) is 102 Å². The lowest BCUT2D eigenvalue weighted by Gasteiger charge is -2.14. The second-order valence-corrected chi connectivity index (χ2v) is 14.0. The van der Waals surface area contributed by atoms with Gasteiger partial charge in [-0.15, -0.1) is 0 Å². The molecule has 0 bridgehead atoms. The lowest BCUT2D eigenvalue weighted by atomic mass is 10.0. The molecule has 2 aromatic carbocycles. The highest BCUT2D eigenvalue weighted by Gasteiger charge is 2.23. The number of rotatable bonds is 15. The third kappa shape index (κ3) is 8.40. The smallest absolute Gasteiger partial charge is 0.264 e. The van der Waals surface area contributed by atoms with E-state index < -0.39 is 15.9 Å². The number of aromatic nitrogens is 3. The van der Waals surface area contributed by atoms with Crippen molar-refractivity contribution in [1.29, 1.82) is 0 Å². The van der Waals surface area contributed by atoms with Gasteiger partial charge in [0.25, 0.3) is 10.0 Å². The number of hydrogen-bond donors (Lipinski definition) is 2. The summed E-state index contributed by atoms with van der Waals surface area (Å²) in [4.78, 5) is 34.5. The van der Waals surface area contributed by atoms with Gasteiger partial charge in [0.05, 0.1) is 23.3 Å². The first-order chi connectivity index (χ1) is 22.3. The quantitative estimate of drug-likeness (QED) is 0.139. The molecule has 0 atom stereocenters. The summed E-state index contributed by atoms with van der Waals surface area (Å²) in [5, 5.41) is 2.94. The average molecular weight is 644 g/mol. The fraction of sp³-hybridized carbons (Fsp3) is 0.444. The van der Waals surface area contributed by atoms with Gasteiger partial charge < -0.3 is 9.88 Å². The zero-order valence-corrected chi connectivity index (χ0v) is 27.7. The van der Waals surface area contributed by atoms with Gasteiger partial charge in [-0.2, -0.15) is 0 Å². The Labute approximate surface area is 272 Å². The molecular weight excluding hydrogens is 598 g/mol. The van der Waals surface area contributed by atoms with E-state index in [2.05, 4.69) is 33.4 Å². The van der Waals surface area contributed by atoms with E-state index in [-0.39, 0.29) is 17.2 Å². The molecule has 2 heterocycles. The molecule has 0 saturated heterocycles. The highest BCUT2D eigenvalue weighted by molar-refractivity contribution is 7.90. The molecule has 2 amide bonds. The van der Waals surface area contributed by atoms with Crippen LogP contribution in [0.2, 0.25) is 0 Å². The number of carbonyl (C=O) groups excluding carboxylic acids is 2. The van der Waals surface area contributed by atoms with Crippen LogP contribution >= 0.6 is 0 Å². The molecule has 0 unspecified atom stereocenters. The fourth-order valence-corrected chi connectivity index (χ4v) is 7.43. The van der Waals surface area contributed by atoms with E-state index in [4.69, 9.17) is 4.98 Å². The molecule has 2 aromatic heterocycles. The zero-order chi connectivity index (χ0) is 32.5. The highest BCUT2D eigenvalue weighted by Crippen LogP contribution is 2.30. The largest absolute Gasteiger partial charge is 0.325 e. The number of fused-ring (bicyclic) bond motifs is 1. The number of imidazole rings is 1. The number of unbranched alkanes of at least 4 members (excludes halogenated alkanes) is 2. The number of amides is 2. The average Bonchev–Trinajstić information content (AvgIpc) is 3.70. The number of pyridine rings is 1. The van der Waals surface area contributed by atoms with Crippen LogP contribution in [0.15, 0.2) is 65.7 Å². The summed E-state index contributed by atoms with van der Waals surface area (Å²) in [6.07, 6.45) is 12.3. The van der Waals surface area contributed by atoms with Crippen LogP contribution in [0.1, 0.15) is 95.9 Å². The van der Waals surface area contributed by atoms with Gasteiger partial charge in [0.2, 0.25) is 11.8 Å². The third-order valence-electron chi connectivity index (χ3n) is 8.74. The van der Waals surface area contributed by atoms with Gasteiger partial charge in [0.1, 0.15) is 11.3 Å². The van der Waals surface area contributed by atoms with E-state index in [0.717, 1.165) is 79.5 Å². The van der Waals surface area contributed by atoms with E-state index in [9.17, 15) is 18.0 Å². The summed E-state index contributed by atoms with van der Waals surface area (Å²) in [6.45, 7) is 4.75. The summed E-state index contributed by atoms with van der Waals surface area (Å²) >= 11 is 0. The van der Waals surface area contributed by atoms with E-state index in [1.54, 1.807) is 30.5 Å². The van der Waals surface area contributed by atoms with Crippen LogP contribution in [0.5, 0.6) is 0 Å². The summed E-state index contributed by atoms with van der Waals surface area (Å²) in [5.74, 6) is 0.967. The standard InChI is InChI=1S/C36H45N5O4S/c1-3-5-15-33-39-31-23-29(38-34(42)16-6-4-2)24-37-36(31)41(33)25-27-17-20-28(21-18-27)30-13-9-10-14-32(30)46(44,45)40-35(43)22-19-26-11-7-8-12-26/h9-10,13-14,17-18,20-21,23-24,26H,3-8,11-12,15-16,19,22,25H2,1-2H3,(H,38,42)(H,40,43). The van der Waals surface area contributed by atoms with Gasteiger partial charge in [0, 0.05) is 24.8 Å². The van der Waals surface area contributed by atoms with Gasteiger partial charge in [-0.1, -0.05) is 94.8 Å². The van der Waals surface area contributed by atoms with Crippen molar-refractivity contribution in [2.24, 2.45) is 5.92 Å². The van der Waals surface area contributed by atoms with Crippen molar-refractivity contribution in [3.63, 3.8) is 0 Å². The van der Waals surface area contributed by atoms with E-state index in [1.807, 2.05) is 30.3 Å². The van der Waals surface area contributed by atoms with E-state index in [0.29, 0.717) is 30.1 Å². The molecule has 10 heteroatoms. The molecule has 244 valence electrons. The number of benzene rings is 2. The number of hydrogen-bond acceptors (Lipinski definition) is 6. The molecule has 9 nitrogen and oxygen atoms in total. The van der Waals surface area contributed by atoms with Gasteiger partial charge in [-0.05, 0) is 48.4 Å². The van der Waals surface area contributed by atoms with Crippen molar-refractivity contribution in [2.75, 3.05) is 5.32 Å². The van der Waals surface area contributed by atoms with Gasteiger partial charge in [-0.3, -0.25) is 9.59 Å². The van der Waals surface area contributed by atoms with Gasteiger partial charge >= 0.3 is 0 Å². The molecule has 0 spiro atoms. The van der Waals surface area contributed by atoms with E-state index >= 15 is 0 Å². The van der Waals surface area contributed by atoms with Crippen LogP contribution in [0.4, 0.5) is 5.69 Å². The van der Waals surface area contributed by atoms with Crippen molar-refractivity contribution in [1.82, 2.24) is 19.3 Å². The first-order valence-electron chi connectivity index (χ1n) is 16.7. The van der Waals surface area contributed by atoms with Crippen LogP contribution in [-0.4, -0.2) is 34.8 Å². The van der Waals surface area contributed by atoms with Crippen LogP contribution in [0.25, 0.3) is 22.3 Å². The minimum Gasteiger partial charge on any atom is -0.325 e. The minimum atomic E-state index is -4.04. The van der Waals surface area contributed by atoms with Crippen molar-refractivity contribution >= 4 is 38.7 Å². The molecule has 0 radical (unpaired) electrons. The molecule has 5 rings (SSSR count). The molecule has 1 fully saturated rings. The molecule has 4 aromatic rings. The molecule has 0 aliphatic heterocycles. The van der Waals surface area contributed by atoms with Crippen molar-refractivity contribution in [3.05, 3.63) is 72.2 Å². The summed E-state index contributed by atoms with van der Waals surface area (Å²) in [6, 6.07) is 16.4. The highest BCUT2D eigenvalue weighted by atomic mass is 32.2. The Morgan fingerprint density at radius 1 is 0.935 bits per heavy atom. The number of carbonyl (C=O) groups is 2. The van der Waals surface area contributed by atoms with Crippen LogP contribution in [0, 0.1) is 5.92 Å². The Balaban J connectivity index is 1.33.